The number of hydrogen-bond donors (Lipinski definition) is 2. The molecule has 0 atom stereocenters. The highest BCUT2D eigenvalue weighted by molar-refractivity contribution is 5.98. The maximum absolute atomic E-state index is 12.0. The lowest BCUT2D eigenvalue weighted by atomic mass is 10.2. The zero-order valence-electron chi connectivity index (χ0n) is 11.8. The van der Waals surface area contributed by atoms with E-state index in [0.717, 1.165) is 19.2 Å². The van der Waals surface area contributed by atoms with Crippen LogP contribution in [0.3, 0.4) is 0 Å². The van der Waals surface area contributed by atoms with Gasteiger partial charge in [0.15, 0.2) is 0 Å². The molecule has 0 aliphatic carbocycles. The molecular formula is C12H19N5O3. The number of aromatic nitrogens is 1. The first-order valence-electron chi connectivity index (χ1n) is 6.20. The zero-order chi connectivity index (χ0) is 15.1. The largest absolute Gasteiger partial charge is 0.373 e. The molecule has 1 aromatic rings. The molecular weight excluding hydrogens is 262 g/mol. The van der Waals surface area contributed by atoms with E-state index in [0.29, 0.717) is 12.4 Å². The molecule has 1 rings (SSSR count). The van der Waals surface area contributed by atoms with Gasteiger partial charge in [-0.05, 0) is 27.1 Å². The predicted molar refractivity (Wildman–Crippen MR) is 75.9 cm³/mol. The number of anilines is 1. The SMILES string of the molecule is CNc1cc(C(=O)NCCCN(C)C)c([N+](=O)[O-])cn1. The van der Waals surface area contributed by atoms with E-state index in [2.05, 4.69) is 15.6 Å². The summed E-state index contributed by atoms with van der Waals surface area (Å²) in [6, 6.07) is 1.37. The van der Waals surface area contributed by atoms with Gasteiger partial charge in [-0.15, -0.1) is 0 Å². The Bertz CT molecular complexity index is 490. The second-order valence-electron chi connectivity index (χ2n) is 4.51. The minimum absolute atomic E-state index is 0.0132. The summed E-state index contributed by atoms with van der Waals surface area (Å²) in [5, 5.41) is 16.3. The molecule has 2 N–H and O–H groups in total. The van der Waals surface area contributed by atoms with E-state index in [1.165, 1.54) is 6.07 Å². The van der Waals surface area contributed by atoms with Crippen LogP contribution in [0, 0.1) is 10.1 Å². The van der Waals surface area contributed by atoms with Gasteiger partial charge >= 0.3 is 0 Å². The first-order valence-corrected chi connectivity index (χ1v) is 6.20. The standard InChI is InChI=1S/C12H19N5O3/c1-13-11-7-9(10(8-15-11)17(19)20)12(18)14-5-4-6-16(2)3/h7-8H,4-6H2,1-3H3,(H,13,15)(H,14,18). The van der Waals surface area contributed by atoms with Gasteiger partial charge in [-0.1, -0.05) is 0 Å². The lowest BCUT2D eigenvalue weighted by molar-refractivity contribution is -0.385. The summed E-state index contributed by atoms with van der Waals surface area (Å²) in [5.41, 5.74) is -0.284. The summed E-state index contributed by atoms with van der Waals surface area (Å²) < 4.78 is 0. The summed E-state index contributed by atoms with van der Waals surface area (Å²) >= 11 is 0. The molecule has 0 aromatic carbocycles. The van der Waals surface area contributed by atoms with Gasteiger partial charge in [0.1, 0.15) is 17.6 Å². The lowest BCUT2D eigenvalue weighted by Crippen LogP contribution is -2.27. The molecule has 1 amide bonds. The van der Waals surface area contributed by atoms with E-state index >= 15 is 0 Å². The third kappa shape index (κ3) is 4.47. The normalized spacial score (nSPS) is 10.4. The topological polar surface area (TPSA) is 100 Å². The number of nitrogens with one attached hydrogen (secondary N) is 2. The molecule has 0 saturated heterocycles. The Morgan fingerprint density at radius 1 is 1.50 bits per heavy atom. The molecule has 0 saturated carbocycles. The number of rotatable bonds is 7. The number of nitrogens with zero attached hydrogens (tertiary/aromatic N) is 3. The third-order valence-electron chi connectivity index (χ3n) is 2.65. The summed E-state index contributed by atoms with van der Waals surface area (Å²) in [7, 11) is 5.51. The molecule has 0 unspecified atom stereocenters. The van der Waals surface area contributed by atoms with Crippen molar-refractivity contribution in [3.05, 3.63) is 27.9 Å². The van der Waals surface area contributed by atoms with Crippen LogP contribution in [0.5, 0.6) is 0 Å². The van der Waals surface area contributed by atoms with Crippen LogP contribution in [0.4, 0.5) is 11.5 Å². The van der Waals surface area contributed by atoms with Crippen molar-refractivity contribution in [1.29, 1.82) is 0 Å². The van der Waals surface area contributed by atoms with E-state index in [4.69, 9.17) is 0 Å². The Labute approximate surface area is 117 Å². The predicted octanol–water partition coefficient (Wildman–Crippen LogP) is 0.713. The van der Waals surface area contributed by atoms with E-state index < -0.39 is 10.8 Å². The average molecular weight is 281 g/mol. The molecule has 0 radical (unpaired) electrons. The Hall–Kier alpha value is -2.22. The zero-order valence-corrected chi connectivity index (χ0v) is 11.8. The van der Waals surface area contributed by atoms with E-state index in [1.807, 2.05) is 19.0 Å². The molecule has 110 valence electrons. The van der Waals surface area contributed by atoms with Gasteiger partial charge in [-0.3, -0.25) is 14.9 Å². The Kier molecular flexibility index (Phi) is 5.85. The number of carbonyl (C=O) groups is 1. The maximum Gasteiger partial charge on any atom is 0.300 e. The van der Waals surface area contributed by atoms with Crippen LogP contribution in [0.2, 0.25) is 0 Å². The molecule has 1 heterocycles. The molecule has 8 heteroatoms. The van der Waals surface area contributed by atoms with Crippen LogP contribution >= 0.6 is 0 Å². The summed E-state index contributed by atoms with van der Waals surface area (Å²) in [6.07, 6.45) is 1.86. The monoisotopic (exact) mass is 281 g/mol. The second-order valence-corrected chi connectivity index (χ2v) is 4.51. The molecule has 0 bridgehead atoms. The quantitative estimate of drug-likeness (QED) is 0.434. The van der Waals surface area contributed by atoms with Crippen LogP contribution in [-0.2, 0) is 0 Å². The van der Waals surface area contributed by atoms with Gasteiger partial charge in [0.2, 0.25) is 0 Å². The maximum atomic E-state index is 12.0. The summed E-state index contributed by atoms with van der Waals surface area (Å²) in [6.45, 7) is 1.30. The fourth-order valence-electron chi connectivity index (χ4n) is 1.60. The van der Waals surface area contributed by atoms with Crippen molar-refractivity contribution in [2.75, 3.05) is 39.5 Å². The fourth-order valence-corrected chi connectivity index (χ4v) is 1.60. The molecule has 20 heavy (non-hydrogen) atoms. The van der Waals surface area contributed by atoms with Crippen molar-refractivity contribution in [1.82, 2.24) is 15.2 Å². The van der Waals surface area contributed by atoms with Crippen LogP contribution < -0.4 is 10.6 Å². The first-order chi connectivity index (χ1) is 9.45. The minimum atomic E-state index is -0.610. The molecule has 1 aromatic heterocycles. The first kappa shape index (κ1) is 15.8. The number of hydrogen-bond acceptors (Lipinski definition) is 6. The molecule has 0 aliphatic heterocycles. The van der Waals surface area contributed by atoms with Gasteiger partial charge in [-0.25, -0.2) is 4.98 Å². The van der Waals surface area contributed by atoms with E-state index in [-0.39, 0.29) is 11.3 Å². The highest BCUT2D eigenvalue weighted by Crippen LogP contribution is 2.19. The van der Waals surface area contributed by atoms with Gasteiger partial charge in [0.25, 0.3) is 11.6 Å². The summed E-state index contributed by atoms with van der Waals surface area (Å²) in [4.78, 5) is 28.1. The number of pyridine rings is 1. The van der Waals surface area contributed by atoms with Gasteiger partial charge in [0.05, 0.1) is 4.92 Å². The minimum Gasteiger partial charge on any atom is -0.373 e. The van der Waals surface area contributed by atoms with Crippen molar-refractivity contribution >= 4 is 17.4 Å². The highest BCUT2D eigenvalue weighted by Gasteiger charge is 2.21. The van der Waals surface area contributed by atoms with Crippen LogP contribution in [-0.4, -0.2) is 54.9 Å². The average Bonchev–Trinajstić information content (AvgIpc) is 2.42. The van der Waals surface area contributed by atoms with E-state index in [1.54, 1.807) is 7.05 Å². The van der Waals surface area contributed by atoms with Crippen LogP contribution in [0.1, 0.15) is 16.8 Å². The Balaban J connectivity index is 2.77. The molecule has 0 aliphatic rings. The smallest absolute Gasteiger partial charge is 0.300 e. The van der Waals surface area contributed by atoms with Gasteiger partial charge in [-0.2, -0.15) is 0 Å². The van der Waals surface area contributed by atoms with E-state index in [9.17, 15) is 14.9 Å². The van der Waals surface area contributed by atoms with Crippen molar-refractivity contribution in [2.24, 2.45) is 0 Å². The van der Waals surface area contributed by atoms with Crippen LogP contribution in [0.15, 0.2) is 12.3 Å². The number of nitro groups is 1. The van der Waals surface area contributed by atoms with Crippen molar-refractivity contribution in [3.63, 3.8) is 0 Å². The van der Waals surface area contributed by atoms with Crippen molar-refractivity contribution < 1.29 is 9.72 Å². The molecule has 8 nitrogen and oxygen atoms in total. The summed E-state index contributed by atoms with van der Waals surface area (Å²) in [5.74, 6) is -0.0524. The highest BCUT2D eigenvalue weighted by atomic mass is 16.6. The molecule has 0 spiro atoms. The lowest BCUT2D eigenvalue weighted by Gasteiger charge is -2.10. The Morgan fingerprint density at radius 3 is 2.75 bits per heavy atom. The van der Waals surface area contributed by atoms with Crippen molar-refractivity contribution in [3.8, 4) is 0 Å². The number of amides is 1. The van der Waals surface area contributed by atoms with Crippen molar-refractivity contribution in [2.45, 2.75) is 6.42 Å². The van der Waals surface area contributed by atoms with Crippen LogP contribution in [0.25, 0.3) is 0 Å². The fraction of sp³-hybridized carbons (Fsp3) is 0.500. The van der Waals surface area contributed by atoms with Gasteiger partial charge in [0, 0.05) is 19.7 Å². The Morgan fingerprint density at radius 2 is 2.20 bits per heavy atom. The van der Waals surface area contributed by atoms with Gasteiger partial charge < -0.3 is 15.5 Å². The molecule has 0 fully saturated rings. The number of carbonyl (C=O) groups excluding carboxylic acids is 1. The third-order valence-corrected chi connectivity index (χ3v) is 2.65. The second kappa shape index (κ2) is 7.39.